The zero-order chi connectivity index (χ0) is 19.6. The van der Waals surface area contributed by atoms with Crippen LogP contribution in [0.1, 0.15) is 5.56 Å². The van der Waals surface area contributed by atoms with E-state index in [1.54, 1.807) is 11.7 Å². The van der Waals surface area contributed by atoms with Crippen molar-refractivity contribution in [1.82, 2.24) is 24.9 Å². The molecule has 0 atom stereocenters. The Kier molecular flexibility index (Phi) is 5.27. The van der Waals surface area contributed by atoms with Gasteiger partial charge in [0.05, 0.1) is 11.4 Å². The minimum absolute atomic E-state index is 0.260. The highest BCUT2D eigenvalue weighted by Gasteiger charge is 2.33. The summed E-state index contributed by atoms with van der Waals surface area (Å²) < 4.78 is 29.0. The van der Waals surface area contributed by atoms with Gasteiger partial charge in [-0.25, -0.2) is 17.4 Å². The number of nitrogens with one attached hydrogen (secondary N) is 2. The summed E-state index contributed by atoms with van der Waals surface area (Å²) in [4.78, 5) is 0. The summed E-state index contributed by atoms with van der Waals surface area (Å²) in [6, 6.07) is 19.6. The van der Waals surface area contributed by atoms with Crippen LogP contribution in [0, 0.1) is 0 Å². The lowest BCUT2D eigenvalue weighted by Crippen LogP contribution is -2.38. The van der Waals surface area contributed by atoms with Crippen molar-refractivity contribution in [3.63, 3.8) is 0 Å². The van der Waals surface area contributed by atoms with Gasteiger partial charge in [-0.15, -0.1) is 0 Å². The quantitative estimate of drug-likeness (QED) is 0.663. The Balaban J connectivity index is 1.70. The molecule has 0 spiro atoms. The molecule has 0 aliphatic carbocycles. The monoisotopic (exact) mass is 397 g/mol. The van der Waals surface area contributed by atoms with E-state index in [0.717, 1.165) is 22.5 Å². The maximum atomic E-state index is 12.9. The minimum Gasteiger partial charge on any atom is -0.256 e. The van der Waals surface area contributed by atoms with Crippen molar-refractivity contribution in [3.05, 3.63) is 72.4 Å². The van der Waals surface area contributed by atoms with Crippen molar-refractivity contribution in [1.29, 1.82) is 0 Å². The van der Waals surface area contributed by atoms with Crippen LogP contribution in [-0.4, -0.2) is 47.9 Å². The fourth-order valence-corrected chi connectivity index (χ4v) is 4.73. The summed E-state index contributed by atoms with van der Waals surface area (Å²) in [5.41, 5.74) is 9.31. The number of hydrogen-bond acceptors (Lipinski definition) is 5. The molecule has 1 saturated heterocycles. The third-order valence-corrected chi connectivity index (χ3v) is 7.06. The first-order valence-electron chi connectivity index (χ1n) is 9.16. The van der Waals surface area contributed by atoms with Gasteiger partial charge in [-0.05, 0) is 12.1 Å². The molecule has 1 aliphatic heterocycles. The standard InChI is InChI=1S/C20H23N5O2S/c1-24(28(26,27)19-12-21-22-13-19)14-17-15-25(18-10-6-3-7-11-18)23-20(17)16-8-4-2-5-9-16/h2-11,15,19,21-22H,12-14H2,1H3. The summed E-state index contributed by atoms with van der Waals surface area (Å²) in [6.07, 6.45) is 1.91. The van der Waals surface area contributed by atoms with Crippen LogP contribution in [0.5, 0.6) is 0 Å². The maximum absolute atomic E-state index is 12.9. The van der Waals surface area contributed by atoms with Gasteiger partial charge in [0.25, 0.3) is 0 Å². The number of hydrazine groups is 1. The van der Waals surface area contributed by atoms with E-state index in [2.05, 4.69) is 10.9 Å². The van der Waals surface area contributed by atoms with Gasteiger partial charge in [0.2, 0.25) is 10.0 Å². The number of hydrogen-bond donors (Lipinski definition) is 2. The second-order valence-electron chi connectivity index (χ2n) is 6.83. The number of nitrogens with zero attached hydrogens (tertiary/aromatic N) is 3. The number of sulfonamides is 1. The topological polar surface area (TPSA) is 79.3 Å². The van der Waals surface area contributed by atoms with Crippen molar-refractivity contribution >= 4 is 10.0 Å². The first-order valence-corrected chi connectivity index (χ1v) is 10.7. The number of aromatic nitrogens is 2. The predicted octanol–water partition coefficient (Wildman–Crippen LogP) is 1.78. The molecule has 8 heteroatoms. The van der Waals surface area contributed by atoms with Crippen LogP contribution in [0.2, 0.25) is 0 Å². The Morgan fingerprint density at radius 1 is 1.04 bits per heavy atom. The molecule has 0 bridgehead atoms. The SMILES string of the molecule is CN(Cc1cn(-c2ccccc2)nc1-c1ccccc1)S(=O)(=O)C1CNNC1. The Morgan fingerprint density at radius 2 is 1.64 bits per heavy atom. The van der Waals surface area contributed by atoms with Gasteiger partial charge in [-0.1, -0.05) is 48.5 Å². The highest BCUT2D eigenvalue weighted by atomic mass is 32.2. The van der Waals surface area contributed by atoms with Gasteiger partial charge in [0.1, 0.15) is 5.25 Å². The van der Waals surface area contributed by atoms with Crippen LogP contribution in [0.3, 0.4) is 0 Å². The lowest BCUT2D eigenvalue weighted by Gasteiger charge is -2.20. The molecular formula is C20H23N5O2S. The van der Waals surface area contributed by atoms with Gasteiger partial charge in [-0.2, -0.15) is 5.10 Å². The lowest BCUT2D eigenvalue weighted by molar-refractivity contribution is 0.458. The first-order chi connectivity index (χ1) is 13.6. The van der Waals surface area contributed by atoms with Crippen LogP contribution in [0.4, 0.5) is 0 Å². The molecule has 2 heterocycles. The second-order valence-corrected chi connectivity index (χ2v) is 9.15. The van der Waals surface area contributed by atoms with Crippen molar-refractivity contribution in [2.75, 3.05) is 20.1 Å². The van der Waals surface area contributed by atoms with Crippen LogP contribution in [0.15, 0.2) is 66.9 Å². The molecule has 2 aromatic carbocycles. The predicted molar refractivity (Wildman–Crippen MR) is 109 cm³/mol. The van der Waals surface area contributed by atoms with Gasteiger partial charge < -0.3 is 0 Å². The maximum Gasteiger partial charge on any atom is 0.219 e. The molecule has 3 aromatic rings. The van der Waals surface area contributed by atoms with Gasteiger partial charge >= 0.3 is 0 Å². The van der Waals surface area contributed by atoms with E-state index in [-0.39, 0.29) is 6.54 Å². The molecule has 7 nitrogen and oxygen atoms in total. The molecule has 28 heavy (non-hydrogen) atoms. The fraction of sp³-hybridized carbons (Fsp3) is 0.250. The van der Waals surface area contributed by atoms with Gasteiger partial charge in [-0.3, -0.25) is 10.9 Å². The van der Waals surface area contributed by atoms with E-state index < -0.39 is 15.3 Å². The molecule has 1 aliphatic rings. The summed E-state index contributed by atoms with van der Waals surface area (Å²) in [5, 5.41) is 4.28. The number of para-hydroxylation sites is 1. The first kappa shape index (κ1) is 18.8. The Bertz CT molecular complexity index is 1030. The van der Waals surface area contributed by atoms with Gasteiger partial charge in [0, 0.05) is 44.0 Å². The lowest BCUT2D eigenvalue weighted by atomic mass is 10.1. The van der Waals surface area contributed by atoms with Crippen LogP contribution in [-0.2, 0) is 16.6 Å². The largest absolute Gasteiger partial charge is 0.256 e. The average molecular weight is 398 g/mol. The average Bonchev–Trinajstić information content (AvgIpc) is 3.40. The van der Waals surface area contributed by atoms with E-state index >= 15 is 0 Å². The third-order valence-electron chi connectivity index (χ3n) is 4.89. The Hall–Kier alpha value is -2.52. The van der Waals surface area contributed by atoms with E-state index in [4.69, 9.17) is 5.10 Å². The number of benzene rings is 2. The number of rotatable bonds is 6. The van der Waals surface area contributed by atoms with E-state index in [0.29, 0.717) is 13.1 Å². The third kappa shape index (κ3) is 3.72. The highest BCUT2D eigenvalue weighted by Crippen LogP contribution is 2.25. The minimum atomic E-state index is -3.42. The van der Waals surface area contributed by atoms with Crippen LogP contribution < -0.4 is 10.9 Å². The van der Waals surface area contributed by atoms with Gasteiger partial charge in [0.15, 0.2) is 0 Å². The summed E-state index contributed by atoms with van der Waals surface area (Å²) in [7, 11) is -1.79. The fourth-order valence-electron chi connectivity index (χ4n) is 3.32. The summed E-state index contributed by atoms with van der Waals surface area (Å²) in [6.45, 7) is 1.07. The van der Waals surface area contributed by atoms with E-state index in [1.165, 1.54) is 4.31 Å². The summed E-state index contributed by atoms with van der Waals surface area (Å²) in [5.74, 6) is 0. The van der Waals surface area contributed by atoms with Crippen molar-refractivity contribution in [2.45, 2.75) is 11.8 Å². The Labute approximate surface area is 165 Å². The molecule has 0 amide bonds. The molecule has 0 saturated carbocycles. The van der Waals surface area contributed by atoms with Crippen molar-refractivity contribution in [2.24, 2.45) is 0 Å². The van der Waals surface area contributed by atoms with Crippen LogP contribution in [0.25, 0.3) is 16.9 Å². The zero-order valence-corrected chi connectivity index (χ0v) is 16.4. The molecule has 4 rings (SSSR count). The molecule has 0 radical (unpaired) electrons. The normalized spacial score (nSPS) is 15.4. The van der Waals surface area contributed by atoms with Crippen molar-refractivity contribution < 1.29 is 8.42 Å². The van der Waals surface area contributed by atoms with E-state index in [1.807, 2.05) is 66.9 Å². The molecule has 1 aromatic heterocycles. The Morgan fingerprint density at radius 3 is 2.29 bits per heavy atom. The second kappa shape index (κ2) is 7.84. The highest BCUT2D eigenvalue weighted by molar-refractivity contribution is 7.89. The zero-order valence-electron chi connectivity index (χ0n) is 15.6. The van der Waals surface area contributed by atoms with E-state index in [9.17, 15) is 8.42 Å². The molecule has 1 fully saturated rings. The van der Waals surface area contributed by atoms with Crippen LogP contribution >= 0.6 is 0 Å². The molecule has 146 valence electrons. The molecular weight excluding hydrogens is 374 g/mol. The molecule has 0 unspecified atom stereocenters. The molecule has 2 N–H and O–H groups in total. The van der Waals surface area contributed by atoms with Crippen molar-refractivity contribution in [3.8, 4) is 16.9 Å². The summed E-state index contributed by atoms with van der Waals surface area (Å²) >= 11 is 0. The smallest absolute Gasteiger partial charge is 0.219 e.